The molecule has 19 heavy (non-hydrogen) atoms. The van der Waals surface area contributed by atoms with Gasteiger partial charge in [-0.2, -0.15) is 0 Å². The number of amides is 1. The second-order valence-electron chi connectivity index (χ2n) is 3.97. The van der Waals surface area contributed by atoms with Crippen LogP contribution in [0, 0.1) is 15.9 Å². The predicted molar refractivity (Wildman–Crippen MR) is 69.8 cm³/mol. The van der Waals surface area contributed by atoms with E-state index in [0.717, 1.165) is 25.0 Å². The van der Waals surface area contributed by atoms with Crippen molar-refractivity contribution < 1.29 is 14.1 Å². The maximum absolute atomic E-state index is 13.5. The monoisotopic (exact) mass is 269 g/mol. The first-order chi connectivity index (χ1) is 9.01. The minimum atomic E-state index is -0.767. The van der Waals surface area contributed by atoms with Crippen molar-refractivity contribution in [2.24, 2.45) is 0 Å². The number of carbonyl (C=O) groups excluding carboxylic acids is 1. The van der Waals surface area contributed by atoms with Gasteiger partial charge in [0.25, 0.3) is 11.6 Å². The molecule has 0 aromatic heterocycles. The number of nitro benzene ring substituents is 1. The van der Waals surface area contributed by atoms with Gasteiger partial charge in [0.15, 0.2) is 5.82 Å². The van der Waals surface area contributed by atoms with E-state index in [4.69, 9.17) is 0 Å². The van der Waals surface area contributed by atoms with Crippen LogP contribution >= 0.6 is 0 Å². The number of rotatable bonds is 6. The fourth-order valence-electron chi connectivity index (χ4n) is 1.56. The number of nitrogens with one attached hydrogen (secondary N) is 2. The van der Waals surface area contributed by atoms with Gasteiger partial charge in [-0.25, -0.2) is 4.39 Å². The third kappa shape index (κ3) is 3.64. The summed E-state index contributed by atoms with van der Waals surface area (Å²) in [5.74, 6) is -1.34. The summed E-state index contributed by atoms with van der Waals surface area (Å²) >= 11 is 0. The van der Waals surface area contributed by atoms with E-state index in [1.807, 2.05) is 6.92 Å². The van der Waals surface area contributed by atoms with Crippen LogP contribution in [0.3, 0.4) is 0 Å². The van der Waals surface area contributed by atoms with Gasteiger partial charge >= 0.3 is 0 Å². The summed E-state index contributed by atoms with van der Waals surface area (Å²) < 4.78 is 13.5. The van der Waals surface area contributed by atoms with Crippen LogP contribution in [0.15, 0.2) is 12.1 Å². The van der Waals surface area contributed by atoms with Crippen molar-refractivity contribution in [1.29, 1.82) is 0 Å². The molecule has 2 N–H and O–H groups in total. The molecule has 1 aromatic carbocycles. The quantitative estimate of drug-likeness (QED) is 0.471. The van der Waals surface area contributed by atoms with E-state index < -0.39 is 22.3 Å². The normalized spacial score (nSPS) is 10.1. The van der Waals surface area contributed by atoms with Gasteiger partial charge in [0, 0.05) is 13.6 Å². The Kier molecular flexibility index (Phi) is 5.23. The second-order valence-corrected chi connectivity index (χ2v) is 3.97. The van der Waals surface area contributed by atoms with Crippen molar-refractivity contribution in [2.75, 3.05) is 18.9 Å². The van der Waals surface area contributed by atoms with Crippen LogP contribution in [0.2, 0.25) is 0 Å². The highest BCUT2D eigenvalue weighted by Crippen LogP contribution is 2.25. The van der Waals surface area contributed by atoms with E-state index in [1.165, 1.54) is 7.05 Å². The smallest absolute Gasteiger partial charge is 0.285 e. The van der Waals surface area contributed by atoms with Crippen molar-refractivity contribution in [3.63, 3.8) is 0 Å². The second kappa shape index (κ2) is 6.67. The van der Waals surface area contributed by atoms with Crippen LogP contribution < -0.4 is 10.6 Å². The van der Waals surface area contributed by atoms with Crippen molar-refractivity contribution in [3.8, 4) is 0 Å². The molecule has 0 spiro atoms. The summed E-state index contributed by atoms with van der Waals surface area (Å²) in [5, 5.41) is 16.0. The number of nitro groups is 1. The van der Waals surface area contributed by atoms with E-state index in [0.29, 0.717) is 6.54 Å². The van der Waals surface area contributed by atoms with Crippen LogP contribution in [0.25, 0.3) is 0 Å². The molecule has 1 aromatic rings. The highest BCUT2D eigenvalue weighted by Gasteiger charge is 2.23. The summed E-state index contributed by atoms with van der Waals surface area (Å²) in [6, 6.07) is 1.90. The number of nitrogens with zero attached hydrogens (tertiary/aromatic N) is 1. The highest BCUT2D eigenvalue weighted by atomic mass is 19.1. The average Bonchev–Trinajstić information content (AvgIpc) is 2.38. The zero-order valence-electron chi connectivity index (χ0n) is 10.8. The van der Waals surface area contributed by atoms with Gasteiger partial charge in [0.1, 0.15) is 5.56 Å². The molecule has 0 atom stereocenters. The van der Waals surface area contributed by atoms with E-state index >= 15 is 0 Å². The molecule has 6 nitrogen and oxygen atoms in total. The standard InChI is InChI=1S/C12H16FN3O3/c1-3-4-5-15-12(17)8-6-10(14-2)9(13)7-11(8)16(18)19/h6-7,14H,3-5H2,1-2H3,(H,15,17). The lowest BCUT2D eigenvalue weighted by Gasteiger charge is -2.08. The highest BCUT2D eigenvalue weighted by molar-refractivity contribution is 5.99. The van der Waals surface area contributed by atoms with Crippen LogP contribution in [-0.4, -0.2) is 24.4 Å². The maximum Gasteiger partial charge on any atom is 0.285 e. The number of carbonyl (C=O) groups is 1. The molecular weight excluding hydrogens is 253 g/mol. The first kappa shape index (κ1) is 14.9. The molecule has 0 unspecified atom stereocenters. The molecule has 7 heteroatoms. The summed E-state index contributed by atoms with van der Waals surface area (Å²) in [7, 11) is 1.48. The third-order valence-electron chi connectivity index (χ3n) is 2.61. The maximum atomic E-state index is 13.5. The Morgan fingerprint density at radius 1 is 1.47 bits per heavy atom. The van der Waals surface area contributed by atoms with Crippen LogP contribution in [0.5, 0.6) is 0 Å². The minimum Gasteiger partial charge on any atom is -0.386 e. The first-order valence-electron chi connectivity index (χ1n) is 5.95. The Labute approximate surface area is 110 Å². The summed E-state index contributed by atoms with van der Waals surface area (Å²) in [6.07, 6.45) is 1.67. The molecule has 0 aliphatic heterocycles. The van der Waals surface area contributed by atoms with Gasteiger partial charge in [0.2, 0.25) is 0 Å². The van der Waals surface area contributed by atoms with Gasteiger partial charge < -0.3 is 10.6 Å². The zero-order valence-corrected chi connectivity index (χ0v) is 10.8. The number of anilines is 1. The molecule has 0 bridgehead atoms. The number of benzene rings is 1. The van der Waals surface area contributed by atoms with Crippen molar-refractivity contribution in [1.82, 2.24) is 5.32 Å². The topological polar surface area (TPSA) is 84.3 Å². The van der Waals surface area contributed by atoms with Crippen LogP contribution in [0.1, 0.15) is 30.1 Å². The Balaban J connectivity index is 3.09. The zero-order chi connectivity index (χ0) is 14.4. The predicted octanol–water partition coefficient (Wildman–Crippen LogP) is 2.31. The van der Waals surface area contributed by atoms with Gasteiger partial charge in [-0.3, -0.25) is 14.9 Å². The fraction of sp³-hybridized carbons (Fsp3) is 0.417. The van der Waals surface area contributed by atoms with E-state index in [-0.39, 0.29) is 11.3 Å². The molecule has 0 saturated heterocycles. The molecule has 104 valence electrons. The molecule has 0 saturated carbocycles. The summed E-state index contributed by atoms with van der Waals surface area (Å²) in [5.41, 5.74) is -0.636. The number of hydrogen-bond acceptors (Lipinski definition) is 4. The molecule has 0 aliphatic carbocycles. The van der Waals surface area contributed by atoms with Gasteiger partial charge in [0.05, 0.1) is 16.7 Å². The molecule has 0 aliphatic rings. The lowest BCUT2D eigenvalue weighted by molar-refractivity contribution is -0.385. The van der Waals surface area contributed by atoms with Crippen molar-refractivity contribution >= 4 is 17.3 Å². The fourth-order valence-corrected chi connectivity index (χ4v) is 1.56. The number of unbranched alkanes of at least 4 members (excludes halogenated alkanes) is 1. The number of halogens is 1. The lowest BCUT2D eigenvalue weighted by atomic mass is 10.1. The Morgan fingerprint density at radius 2 is 2.16 bits per heavy atom. The van der Waals surface area contributed by atoms with E-state index in [2.05, 4.69) is 10.6 Å². The summed E-state index contributed by atoms with van der Waals surface area (Å²) in [4.78, 5) is 21.9. The molecule has 0 radical (unpaired) electrons. The third-order valence-corrected chi connectivity index (χ3v) is 2.61. The molecule has 1 rings (SSSR count). The van der Waals surface area contributed by atoms with E-state index in [9.17, 15) is 19.3 Å². The van der Waals surface area contributed by atoms with Crippen LogP contribution in [-0.2, 0) is 0 Å². The SMILES string of the molecule is CCCCNC(=O)c1cc(NC)c(F)cc1[N+](=O)[O-]. The first-order valence-corrected chi connectivity index (χ1v) is 5.95. The number of hydrogen-bond donors (Lipinski definition) is 2. The van der Waals surface area contributed by atoms with Gasteiger partial charge in [-0.1, -0.05) is 13.3 Å². The van der Waals surface area contributed by atoms with Crippen molar-refractivity contribution in [3.05, 3.63) is 33.6 Å². The van der Waals surface area contributed by atoms with E-state index in [1.54, 1.807) is 0 Å². The van der Waals surface area contributed by atoms with Gasteiger partial charge in [-0.05, 0) is 12.5 Å². The van der Waals surface area contributed by atoms with Gasteiger partial charge in [-0.15, -0.1) is 0 Å². The molecule has 1 amide bonds. The summed E-state index contributed by atoms with van der Waals surface area (Å²) in [6.45, 7) is 2.39. The van der Waals surface area contributed by atoms with Crippen LogP contribution in [0.4, 0.5) is 15.8 Å². The van der Waals surface area contributed by atoms with Crippen molar-refractivity contribution in [2.45, 2.75) is 19.8 Å². The average molecular weight is 269 g/mol. The lowest BCUT2D eigenvalue weighted by Crippen LogP contribution is -2.25. The largest absolute Gasteiger partial charge is 0.386 e. The Bertz CT molecular complexity index is 491. The Morgan fingerprint density at radius 3 is 2.68 bits per heavy atom. The Hall–Kier alpha value is -2.18. The minimum absolute atomic E-state index is 0.0474. The molecular formula is C12H16FN3O3. The molecule has 0 fully saturated rings. The molecule has 0 heterocycles.